The summed E-state index contributed by atoms with van der Waals surface area (Å²) in [5, 5.41) is 9.60. The third-order valence-electron chi connectivity index (χ3n) is 2.86. The lowest BCUT2D eigenvalue weighted by Gasteiger charge is -2.15. The molecule has 2 rings (SSSR count). The van der Waals surface area contributed by atoms with Gasteiger partial charge in [0.15, 0.2) is 0 Å². The fourth-order valence-electron chi connectivity index (χ4n) is 1.84. The van der Waals surface area contributed by atoms with Gasteiger partial charge in [0, 0.05) is 15.9 Å². The lowest BCUT2D eigenvalue weighted by atomic mass is 10.1. The van der Waals surface area contributed by atoms with Crippen molar-refractivity contribution in [1.29, 1.82) is 0 Å². The molecule has 1 aromatic carbocycles. The molecule has 0 saturated heterocycles. The average Bonchev–Trinajstić information content (AvgIpc) is 2.81. The maximum atomic E-state index is 12.4. The molecule has 0 fully saturated rings. The Morgan fingerprint density at radius 3 is 2.67 bits per heavy atom. The lowest BCUT2D eigenvalue weighted by Crippen LogP contribution is -2.27. The highest BCUT2D eigenvalue weighted by molar-refractivity contribution is 9.11. The van der Waals surface area contributed by atoms with Crippen molar-refractivity contribution in [2.24, 2.45) is 0 Å². The van der Waals surface area contributed by atoms with Crippen molar-refractivity contribution in [3.05, 3.63) is 49.6 Å². The van der Waals surface area contributed by atoms with Crippen LogP contribution in [0.1, 0.15) is 23.4 Å². The molecule has 1 aromatic heterocycles. The number of halogens is 2. The first-order valence-electron chi connectivity index (χ1n) is 6.01. The predicted octanol–water partition coefficient (Wildman–Crippen LogP) is 3.70. The second-order valence-electron chi connectivity index (χ2n) is 4.37. The van der Waals surface area contributed by atoms with Gasteiger partial charge in [0.1, 0.15) is 4.90 Å². The van der Waals surface area contributed by atoms with Crippen molar-refractivity contribution >= 4 is 48.9 Å². The Bertz CT molecular complexity index is 746. The molecule has 0 amide bonds. The molecule has 8 heteroatoms. The molecule has 1 atom stereocenters. The minimum Gasteiger partial charge on any atom is -0.391 e. The fourth-order valence-corrected chi connectivity index (χ4v) is 5.91. The van der Waals surface area contributed by atoms with Gasteiger partial charge in [0.25, 0.3) is 0 Å². The van der Waals surface area contributed by atoms with Crippen molar-refractivity contribution in [3.63, 3.8) is 0 Å². The third-order valence-corrected chi connectivity index (χ3v) is 6.98. The maximum absolute atomic E-state index is 12.4. The van der Waals surface area contributed by atoms with Gasteiger partial charge in [0.2, 0.25) is 10.0 Å². The first kappa shape index (κ1) is 16.9. The van der Waals surface area contributed by atoms with Crippen LogP contribution in [-0.4, -0.2) is 13.5 Å². The Kier molecular flexibility index (Phi) is 5.45. The van der Waals surface area contributed by atoms with Gasteiger partial charge < -0.3 is 5.11 Å². The number of aliphatic hydroxyl groups is 1. The Hall–Kier alpha value is -0.440. The van der Waals surface area contributed by atoms with Crippen LogP contribution in [0.15, 0.2) is 39.0 Å². The van der Waals surface area contributed by atoms with Gasteiger partial charge in [-0.25, -0.2) is 13.1 Å². The second-order valence-corrected chi connectivity index (χ2v) is 8.92. The van der Waals surface area contributed by atoms with E-state index in [-0.39, 0.29) is 11.5 Å². The minimum absolute atomic E-state index is 0.121. The Balaban J connectivity index is 2.29. The zero-order chi connectivity index (χ0) is 15.6. The molecular weight excluding hydrogens is 398 g/mol. The maximum Gasteiger partial charge on any atom is 0.243 e. The van der Waals surface area contributed by atoms with Gasteiger partial charge in [-0.15, -0.1) is 11.3 Å². The smallest absolute Gasteiger partial charge is 0.243 e. The lowest BCUT2D eigenvalue weighted by molar-refractivity contribution is 0.285. The van der Waals surface area contributed by atoms with Crippen LogP contribution in [0.5, 0.6) is 0 Å². The Morgan fingerprint density at radius 2 is 2.10 bits per heavy atom. The molecule has 0 saturated carbocycles. The van der Waals surface area contributed by atoms with E-state index in [1.165, 1.54) is 17.4 Å². The van der Waals surface area contributed by atoms with Gasteiger partial charge >= 0.3 is 0 Å². The summed E-state index contributed by atoms with van der Waals surface area (Å²) in [5.41, 5.74) is 0.705. The van der Waals surface area contributed by atoms with Crippen molar-refractivity contribution in [3.8, 4) is 0 Å². The highest BCUT2D eigenvalue weighted by atomic mass is 79.9. The van der Waals surface area contributed by atoms with E-state index in [1.807, 2.05) is 0 Å². The molecule has 0 aliphatic carbocycles. The zero-order valence-corrected chi connectivity index (χ0v) is 15.0. The largest absolute Gasteiger partial charge is 0.391 e. The van der Waals surface area contributed by atoms with Crippen LogP contribution in [0, 0.1) is 0 Å². The SMILES string of the molecule is CC(NS(=O)(=O)c1cc(CO)sc1Br)c1ccccc1Cl. The molecule has 0 aliphatic heterocycles. The molecule has 1 unspecified atom stereocenters. The topological polar surface area (TPSA) is 66.4 Å². The van der Waals surface area contributed by atoms with E-state index in [0.29, 0.717) is 19.2 Å². The highest BCUT2D eigenvalue weighted by Crippen LogP contribution is 2.33. The van der Waals surface area contributed by atoms with Crippen LogP contribution < -0.4 is 4.72 Å². The number of hydrogen-bond donors (Lipinski definition) is 2. The van der Waals surface area contributed by atoms with Crippen molar-refractivity contribution in [2.45, 2.75) is 24.5 Å². The van der Waals surface area contributed by atoms with Crippen molar-refractivity contribution in [1.82, 2.24) is 4.72 Å². The van der Waals surface area contributed by atoms with E-state index in [4.69, 9.17) is 16.7 Å². The number of thiophene rings is 1. The van der Waals surface area contributed by atoms with E-state index in [2.05, 4.69) is 20.7 Å². The number of sulfonamides is 1. The summed E-state index contributed by atoms with van der Waals surface area (Å²) in [5.74, 6) is 0. The molecule has 21 heavy (non-hydrogen) atoms. The van der Waals surface area contributed by atoms with Crippen molar-refractivity contribution in [2.75, 3.05) is 0 Å². The van der Waals surface area contributed by atoms with Crippen LogP contribution >= 0.6 is 38.9 Å². The van der Waals surface area contributed by atoms with E-state index in [9.17, 15) is 8.42 Å². The third kappa shape index (κ3) is 3.85. The quantitative estimate of drug-likeness (QED) is 0.790. The zero-order valence-electron chi connectivity index (χ0n) is 11.0. The predicted molar refractivity (Wildman–Crippen MR) is 88.1 cm³/mol. The summed E-state index contributed by atoms with van der Waals surface area (Å²) in [6.45, 7) is 1.53. The van der Waals surface area contributed by atoms with Crippen LogP contribution in [-0.2, 0) is 16.6 Å². The normalized spacial score (nSPS) is 13.3. The Labute approximate surface area is 140 Å². The number of rotatable bonds is 5. The van der Waals surface area contributed by atoms with Gasteiger partial charge in [-0.05, 0) is 40.5 Å². The minimum atomic E-state index is -3.70. The molecule has 1 heterocycles. The van der Waals surface area contributed by atoms with Gasteiger partial charge in [-0.1, -0.05) is 29.8 Å². The molecule has 2 aromatic rings. The van der Waals surface area contributed by atoms with E-state index < -0.39 is 16.1 Å². The van der Waals surface area contributed by atoms with Gasteiger partial charge in [0.05, 0.1) is 10.4 Å². The molecular formula is C13H13BrClNO3S2. The number of benzene rings is 1. The summed E-state index contributed by atoms with van der Waals surface area (Å²) in [4.78, 5) is 0.697. The first-order valence-corrected chi connectivity index (χ1v) is 9.48. The summed E-state index contributed by atoms with van der Waals surface area (Å²) in [7, 11) is -3.70. The van der Waals surface area contributed by atoms with E-state index in [0.717, 1.165) is 0 Å². The van der Waals surface area contributed by atoms with Gasteiger partial charge in [-0.3, -0.25) is 0 Å². The summed E-state index contributed by atoms with van der Waals surface area (Å²) < 4.78 is 27.9. The Morgan fingerprint density at radius 1 is 1.43 bits per heavy atom. The number of hydrogen-bond acceptors (Lipinski definition) is 4. The first-order chi connectivity index (χ1) is 9.85. The van der Waals surface area contributed by atoms with Crippen LogP contribution in [0.2, 0.25) is 5.02 Å². The molecule has 2 N–H and O–H groups in total. The van der Waals surface area contributed by atoms with Crippen LogP contribution in [0.25, 0.3) is 0 Å². The van der Waals surface area contributed by atoms with Gasteiger partial charge in [-0.2, -0.15) is 0 Å². The van der Waals surface area contributed by atoms with E-state index >= 15 is 0 Å². The van der Waals surface area contributed by atoms with Crippen LogP contribution in [0.3, 0.4) is 0 Å². The fraction of sp³-hybridized carbons (Fsp3) is 0.231. The summed E-state index contributed by atoms with van der Waals surface area (Å²) in [6.07, 6.45) is 0. The number of aliphatic hydroxyl groups excluding tert-OH is 1. The highest BCUT2D eigenvalue weighted by Gasteiger charge is 2.24. The monoisotopic (exact) mass is 409 g/mol. The summed E-state index contributed by atoms with van der Waals surface area (Å²) >= 11 is 10.5. The summed E-state index contributed by atoms with van der Waals surface area (Å²) in [6, 6.07) is 8.07. The molecule has 4 nitrogen and oxygen atoms in total. The van der Waals surface area contributed by atoms with Crippen LogP contribution in [0.4, 0.5) is 0 Å². The molecule has 0 aliphatic rings. The van der Waals surface area contributed by atoms with Crippen molar-refractivity contribution < 1.29 is 13.5 Å². The molecule has 114 valence electrons. The number of nitrogens with one attached hydrogen (secondary N) is 1. The molecule has 0 spiro atoms. The second kappa shape index (κ2) is 6.76. The average molecular weight is 411 g/mol. The standard InChI is InChI=1S/C13H13BrClNO3S2/c1-8(10-4-2-3-5-11(10)15)16-21(18,19)12-6-9(7-17)20-13(12)14/h2-6,8,16-17H,7H2,1H3. The molecule has 0 radical (unpaired) electrons. The van der Waals surface area contributed by atoms with E-state index in [1.54, 1.807) is 31.2 Å². The molecule has 0 bridgehead atoms.